The molecule has 31 heavy (non-hydrogen) atoms. The Kier molecular flexibility index (Phi) is 5.67. The molecule has 0 unspecified atom stereocenters. The molecule has 5 heteroatoms. The first-order chi connectivity index (χ1) is 15.3. The Bertz CT molecular complexity index is 1150. The fraction of sp³-hybridized carbons (Fsp3) is 0.308. The molecule has 2 heterocycles. The van der Waals surface area contributed by atoms with Gasteiger partial charge in [0.05, 0.1) is 17.4 Å². The first-order valence-corrected chi connectivity index (χ1v) is 11.1. The SMILES string of the molecule is NCC1CCC(c2nc(-c3cccc(OCc4ccccc4)c3)c3cnccn23)CC1. The predicted octanol–water partition coefficient (Wildman–Crippen LogP) is 5.21. The topological polar surface area (TPSA) is 65.4 Å². The van der Waals surface area contributed by atoms with Gasteiger partial charge in [0.25, 0.3) is 0 Å². The van der Waals surface area contributed by atoms with Crippen molar-refractivity contribution in [3.8, 4) is 17.0 Å². The Labute approximate surface area is 182 Å². The van der Waals surface area contributed by atoms with Crippen molar-refractivity contribution in [2.45, 2.75) is 38.2 Å². The van der Waals surface area contributed by atoms with E-state index >= 15 is 0 Å². The first-order valence-electron chi connectivity index (χ1n) is 11.1. The van der Waals surface area contributed by atoms with Gasteiger partial charge in [-0.1, -0.05) is 42.5 Å². The summed E-state index contributed by atoms with van der Waals surface area (Å²) >= 11 is 0. The summed E-state index contributed by atoms with van der Waals surface area (Å²) in [5.41, 5.74) is 10.1. The molecular formula is C26H28N4O. The molecule has 1 saturated carbocycles. The van der Waals surface area contributed by atoms with Crippen molar-refractivity contribution in [1.29, 1.82) is 0 Å². The maximum atomic E-state index is 6.05. The molecule has 0 spiro atoms. The van der Waals surface area contributed by atoms with E-state index < -0.39 is 0 Å². The minimum absolute atomic E-state index is 0.462. The maximum absolute atomic E-state index is 6.05. The molecule has 5 rings (SSSR count). The molecule has 2 aromatic carbocycles. The molecule has 0 amide bonds. The number of rotatable bonds is 6. The number of imidazole rings is 1. The number of nitrogens with two attached hydrogens (primary N) is 1. The van der Waals surface area contributed by atoms with Gasteiger partial charge in [-0.2, -0.15) is 0 Å². The van der Waals surface area contributed by atoms with Crippen LogP contribution in [0.1, 0.15) is 43.0 Å². The molecule has 1 fully saturated rings. The van der Waals surface area contributed by atoms with Crippen LogP contribution in [0.15, 0.2) is 73.2 Å². The normalized spacial score (nSPS) is 18.9. The average molecular weight is 413 g/mol. The summed E-state index contributed by atoms with van der Waals surface area (Å²) in [6.07, 6.45) is 10.4. The van der Waals surface area contributed by atoms with Gasteiger partial charge in [-0.15, -0.1) is 0 Å². The van der Waals surface area contributed by atoms with Crippen molar-refractivity contribution in [3.05, 3.63) is 84.6 Å². The fourth-order valence-electron chi connectivity index (χ4n) is 4.59. The van der Waals surface area contributed by atoms with Gasteiger partial charge < -0.3 is 10.5 Å². The number of benzene rings is 2. The minimum Gasteiger partial charge on any atom is -0.489 e. The highest BCUT2D eigenvalue weighted by atomic mass is 16.5. The van der Waals surface area contributed by atoms with E-state index in [2.05, 4.69) is 33.7 Å². The van der Waals surface area contributed by atoms with Crippen molar-refractivity contribution < 1.29 is 4.74 Å². The lowest BCUT2D eigenvalue weighted by Gasteiger charge is -2.26. The summed E-state index contributed by atoms with van der Waals surface area (Å²) in [4.78, 5) is 9.50. The smallest absolute Gasteiger partial charge is 0.120 e. The van der Waals surface area contributed by atoms with Crippen molar-refractivity contribution in [1.82, 2.24) is 14.4 Å². The zero-order valence-electron chi connectivity index (χ0n) is 17.7. The van der Waals surface area contributed by atoms with Gasteiger partial charge in [-0.3, -0.25) is 9.38 Å². The second-order valence-electron chi connectivity index (χ2n) is 8.41. The Balaban J connectivity index is 1.44. The number of hydrogen-bond donors (Lipinski definition) is 1. The molecule has 0 radical (unpaired) electrons. The molecule has 4 aromatic rings. The standard InChI is InChI=1S/C26H28N4O/c27-16-19-9-11-21(12-10-19)26-29-25(24-17-28-13-14-30(24)26)22-7-4-8-23(15-22)31-18-20-5-2-1-3-6-20/h1-8,13-15,17,19,21H,9-12,16,18,27H2. The molecule has 0 bridgehead atoms. The van der Waals surface area contributed by atoms with E-state index in [1.54, 1.807) is 0 Å². The number of hydrogen-bond acceptors (Lipinski definition) is 4. The third-order valence-electron chi connectivity index (χ3n) is 6.37. The highest BCUT2D eigenvalue weighted by Crippen LogP contribution is 2.37. The largest absolute Gasteiger partial charge is 0.489 e. The van der Waals surface area contributed by atoms with Crippen LogP contribution in [-0.4, -0.2) is 20.9 Å². The molecule has 2 N–H and O–H groups in total. The summed E-state index contributed by atoms with van der Waals surface area (Å²) in [5.74, 6) is 3.10. The van der Waals surface area contributed by atoms with Crippen LogP contribution < -0.4 is 10.5 Å². The fourth-order valence-corrected chi connectivity index (χ4v) is 4.59. The molecule has 0 atom stereocenters. The van der Waals surface area contributed by atoms with Crippen molar-refractivity contribution in [2.24, 2.45) is 11.7 Å². The Morgan fingerprint density at radius 3 is 2.65 bits per heavy atom. The summed E-state index contributed by atoms with van der Waals surface area (Å²) in [6, 6.07) is 18.4. The second-order valence-corrected chi connectivity index (χ2v) is 8.41. The Hall–Kier alpha value is -3.18. The van der Waals surface area contributed by atoms with Crippen molar-refractivity contribution in [2.75, 3.05) is 6.54 Å². The average Bonchev–Trinajstić information content (AvgIpc) is 3.23. The van der Waals surface area contributed by atoms with E-state index in [1.807, 2.05) is 48.9 Å². The molecule has 1 aliphatic rings. The highest BCUT2D eigenvalue weighted by molar-refractivity contribution is 5.78. The zero-order chi connectivity index (χ0) is 21.0. The van der Waals surface area contributed by atoms with E-state index in [0.717, 1.165) is 53.3 Å². The molecule has 1 aliphatic carbocycles. The van der Waals surface area contributed by atoms with Crippen LogP contribution in [0.5, 0.6) is 5.75 Å². The lowest BCUT2D eigenvalue weighted by Crippen LogP contribution is -2.21. The number of fused-ring (bicyclic) bond motifs is 1. The number of ether oxygens (including phenoxy) is 1. The molecule has 2 aromatic heterocycles. The zero-order valence-corrected chi connectivity index (χ0v) is 17.7. The van der Waals surface area contributed by atoms with Crippen LogP contribution in [0, 0.1) is 5.92 Å². The minimum atomic E-state index is 0.462. The summed E-state index contributed by atoms with van der Waals surface area (Å²) in [5, 5.41) is 0. The van der Waals surface area contributed by atoms with Crippen molar-refractivity contribution >= 4 is 5.52 Å². The van der Waals surface area contributed by atoms with E-state index in [9.17, 15) is 0 Å². The lowest BCUT2D eigenvalue weighted by molar-refractivity contribution is 0.306. The monoisotopic (exact) mass is 412 g/mol. The number of aromatic nitrogens is 3. The maximum Gasteiger partial charge on any atom is 0.120 e. The quantitative estimate of drug-likeness (QED) is 0.472. The van der Waals surface area contributed by atoms with Crippen molar-refractivity contribution in [3.63, 3.8) is 0 Å². The van der Waals surface area contributed by atoms with Gasteiger partial charge in [0.15, 0.2) is 0 Å². The van der Waals surface area contributed by atoms with Crippen LogP contribution >= 0.6 is 0 Å². The van der Waals surface area contributed by atoms with Crippen LogP contribution in [0.2, 0.25) is 0 Å². The summed E-state index contributed by atoms with van der Waals surface area (Å²) in [7, 11) is 0. The molecule has 5 nitrogen and oxygen atoms in total. The van der Waals surface area contributed by atoms with E-state index in [-0.39, 0.29) is 0 Å². The van der Waals surface area contributed by atoms with E-state index in [4.69, 9.17) is 15.5 Å². The van der Waals surface area contributed by atoms with Crippen LogP contribution in [0.3, 0.4) is 0 Å². The molecule has 158 valence electrons. The highest BCUT2D eigenvalue weighted by Gasteiger charge is 2.26. The van der Waals surface area contributed by atoms with Gasteiger partial charge in [0.1, 0.15) is 18.2 Å². The van der Waals surface area contributed by atoms with Crippen LogP contribution in [0.4, 0.5) is 0 Å². The third kappa shape index (κ3) is 4.19. The molecule has 0 saturated heterocycles. The Morgan fingerprint density at radius 1 is 1.00 bits per heavy atom. The van der Waals surface area contributed by atoms with Crippen LogP contribution in [0.25, 0.3) is 16.8 Å². The van der Waals surface area contributed by atoms with Gasteiger partial charge in [0.2, 0.25) is 0 Å². The van der Waals surface area contributed by atoms with E-state index in [1.165, 1.54) is 12.8 Å². The summed E-state index contributed by atoms with van der Waals surface area (Å²) < 4.78 is 8.27. The van der Waals surface area contributed by atoms with Gasteiger partial charge >= 0.3 is 0 Å². The van der Waals surface area contributed by atoms with Crippen LogP contribution in [-0.2, 0) is 6.61 Å². The predicted molar refractivity (Wildman–Crippen MR) is 123 cm³/mol. The molecular weight excluding hydrogens is 384 g/mol. The number of nitrogens with zero attached hydrogens (tertiary/aromatic N) is 3. The van der Waals surface area contributed by atoms with E-state index in [0.29, 0.717) is 18.4 Å². The molecule has 0 aliphatic heterocycles. The van der Waals surface area contributed by atoms with Gasteiger partial charge in [-0.25, -0.2) is 4.98 Å². The lowest BCUT2D eigenvalue weighted by atomic mass is 9.81. The van der Waals surface area contributed by atoms with Gasteiger partial charge in [0, 0.05) is 23.9 Å². The second kappa shape index (κ2) is 8.90. The first kappa shape index (κ1) is 19.8. The third-order valence-corrected chi connectivity index (χ3v) is 6.37. The summed E-state index contributed by atoms with van der Waals surface area (Å²) in [6.45, 7) is 1.34. The van der Waals surface area contributed by atoms with Gasteiger partial charge in [-0.05, 0) is 55.8 Å². The Morgan fingerprint density at radius 2 is 1.84 bits per heavy atom.